The van der Waals surface area contributed by atoms with Crippen molar-refractivity contribution in [2.45, 2.75) is 37.1 Å². The molecule has 0 aliphatic carbocycles. The smallest absolute Gasteiger partial charge is 0.381 e. The van der Waals surface area contributed by atoms with Gasteiger partial charge < -0.3 is 20.1 Å². The van der Waals surface area contributed by atoms with Crippen LogP contribution in [0, 0.1) is 0 Å². The number of anilines is 1. The Hall–Kier alpha value is -2.02. The quantitative estimate of drug-likeness (QED) is 0.620. The second-order valence-corrected chi connectivity index (χ2v) is 9.83. The van der Waals surface area contributed by atoms with Gasteiger partial charge in [-0.15, -0.1) is 0 Å². The normalized spacial score (nSPS) is 32.6. The standard InChI is InChI=1S/C17H17F3N3O6PS/c18-13-12(24)14(23-6-5-11(21)22-16(23)25)28-17(13,15(19)20)8-27-30(31)26-7-9-3-1-2-4-10(9)29-30/h1-6,12-15,24H,7-8H2,(H2,21,22,25)/t12-,13-,14+,17+,30?/m0/s1. The highest BCUT2D eigenvalue weighted by molar-refractivity contribution is 8.07. The van der Waals surface area contributed by atoms with Crippen LogP contribution in [0.4, 0.5) is 19.0 Å². The van der Waals surface area contributed by atoms with E-state index in [1.165, 1.54) is 6.07 Å². The molecular formula is C17H17F3N3O6PS. The molecule has 0 spiro atoms. The predicted molar refractivity (Wildman–Crippen MR) is 105 cm³/mol. The molecule has 1 saturated heterocycles. The monoisotopic (exact) mass is 479 g/mol. The van der Waals surface area contributed by atoms with Crippen molar-refractivity contribution in [3.63, 3.8) is 0 Å². The van der Waals surface area contributed by atoms with E-state index in [9.17, 15) is 23.1 Å². The van der Waals surface area contributed by atoms with Crippen molar-refractivity contribution in [2.24, 2.45) is 0 Å². The molecule has 14 heteroatoms. The molecule has 0 bridgehead atoms. The lowest BCUT2D eigenvalue weighted by atomic mass is 9.98. The van der Waals surface area contributed by atoms with Crippen LogP contribution in [0.1, 0.15) is 11.8 Å². The van der Waals surface area contributed by atoms with Crippen LogP contribution in [-0.4, -0.2) is 45.6 Å². The average Bonchev–Trinajstić information content (AvgIpc) is 2.98. The number of benzene rings is 1. The third-order valence-electron chi connectivity index (χ3n) is 4.90. The molecule has 31 heavy (non-hydrogen) atoms. The topological polar surface area (TPSA) is 118 Å². The van der Waals surface area contributed by atoms with E-state index in [0.717, 1.165) is 6.20 Å². The number of halogens is 3. The summed E-state index contributed by atoms with van der Waals surface area (Å²) in [4.78, 5) is 15.4. The fourth-order valence-corrected chi connectivity index (χ4v) is 5.05. The average molecular weight is 479 g/mol. The van der Waals surface area contributed by atoms with Crippen LogP contribution < -0.4 is 15.9 Å². The molecule has 4 rings (SSSR count). The number of aromatic nitrogens is 2. The fourth-order valence-electron chi connectivity index (χ4n) is 3.23. The number of aliphatic hydroxyl groups is 1. The molecule has 2 aromatic rings. The minimum Gasteiger partial charge on any atom is -0.424 e. The van der Waals surface area contributed by atoms with Crippen LogP contribution in [0.25, 0.3) is 0 Å². The summed E-state index contributed by atoms with van der Waals surface area (Å²) < 4.78 is 65.1. The molecule has 168 valence electrons. The Morgan fingerprint density at radius 1 is 1.42 bits per heavy atom. The number of nitrogens with two attached hydrogens (primary N) is 1. The predicted octanol–water partition coefficient (Wildman–Crippen LogP) is 1.91. The van der Waals surface area contributed by atoms with E-state index in [-0.39, 0.29) is 12.4 Å². The summed E-state index contributed by atoms with van der Waals surface area (Å²) in [5.74, 6) is 0.225. The highest BCUT2D eigenvalue weighted by Crippen LogP contribution is 2.56. The summed E-state index contributed by atoms with van der Waals surface area (Å²) in [6, 6.07) is 7.94. The lowest BCUT2D eigenvalue weighted by Gasteiger charge is -2.33. The van der Waals surface area contributed by atoms with E-state index in [1.54, 1.807) is 24.3 Å². The second kappa shape index (κ2) is 8.15. The molecule has 5 atom stereocenters. The Balaban J connectivity index is 1.58. The van der Waals surface area contributed by atoms with Gasteiger partial charge in [-0.05, 0) is 12.1 Å². The van der Waals surface area contributed by atoms with Crippen molar-refractivity contribution in [3.8, 4) is 5.75 Å². The van der Waals surface area contributed by atoms with Crippen molar-refractivity contribution in [2.75, 3.05) is 12.3 Å². The van der Waals surface area contributed by atoms with Gasteiger partial charge in [0.2, 0.25) is 0 Å². The summed E-state index contributed by atoms with van der Waals surface area (Å²) in [5.41, 5.74) is 2.13. The highest BCUT2D eigenvalue weighted by Gasteiger charge is 2.62. The lowest BCUT2D eigenvalue weighted by Crippen LogP contribution is -2.50. The Kier molecular flexibility index (Phi) is 5.83. The molecule has 1 unspecified atom stereocenters. The van der Waals surface area contributed by atoms with Crippen molar-refractivity contribution < 1.29 is 36.6 Å². The Morgan fingerprint density at radius 3 is 2.87 bits per heavy atom. The zero-order valence-electron chi connectivity index (χ0n) is 15.6. The Labute approximate surface area is 178 Å². The van der Waals surface area contributed by atoms with E-state index >= 15 is 0 Å². The van der Waals surface area contributed by atoms with Crippen LogP contribution in [-0.2, 0) is 32.2 Å². The van der Waals surface area contributed by atoms with E-state index in [1.807, 2.05) is 0 Å². The number of hydrogen-bond donors (Lipinski definition) is 2. The van der Waals surface area contributed by atoms with Gasteiger partial charge in [0.05, 0.1) is 13.2 Å². The third-order valence-corrected chi connectivity index (χ3v) is 7.07. The molecule has 0 saturated carbocycles. The Morgan fingerprint density at radius 2 is 2.16 bits per heavy atom. The zero-order valence-corrected chi connectivity index (χ0v) is 17.3. The number of ether oxygens (including phenoxy) is 1. The maximum Gasteiger partial charge on any atom is 0.381 e. The Bertz CT molecular complexity index is 1090. The van der Waals surface area contributed by atoms with Gasteiger partial charge in [0.1, 0.15) is 17.7 Å². The SMILES string of the molecule is Nc1ccn([C@@H]2O[C@@](COP3(=S)OCc4ccccc4O3)(C(F)F)[C@@H](F)[C@@H]2O)c(=O)n1. The molecule has 1 aromatic carbocycles. The third kappa shape index (κ3) is 3.97. The largest absolute Gasteiger partial charge is 0.424 e. The number of aliphatic hydroxyl groups excluding tert-OH is 1. The number of hydrogen-bond acceptors (Lipinski definition) is 9. The van der Waals surface area contributed by atoms with Crippen molar-refractivity contribution in [1.29, 1.82) is 0 Å². The van der Waals surface area contributed by atoms with E-state index < -0.39 is 49.5 Å². The van der Waals surface area contributed by atoms with Crippen LogP contribution in [0.5, 0.6) is 5.75 Å². The number of alkyl halides is 3. The van der Waals surface area contributed by atoms with Crippen LogP contribution in [0.15, 0.2) is 41.3 Å². The number of fused-ring (bicyclic) bond motifs is 1. The first kappa shape index (κ1) is 22.2. The van der Waals surface area contributed by atoms with Crippen LogP contribution >= 0.6 is 6.72 Å². The summed E-state index contributed by atoms with van der Waals surface area (Å²) in [7, 11) is 0. The molecule has 1 aromatic heterocycles. The van der Waals surface area contributed by atoms with Crippen molar-refractivity contribution in [1.82, 2.24) is 9.55 Å². The molecule has 9 nitrogen and oxygen atoms in total. The lowest BCUT2D eigenvalue weighted by molar-refractivity contribution is -0.183. The van der Waals surface area contributed by atoms with Gasteiger partial charge in [0.15, 0.2) is 18.0 Å². The maximum absolute atomic E-state index is 15.0. The minimum atomic E-state index is -3.56. The second-order valence-electron chi connectivity index (χ2n) is 6.89. The van der Waals surface area contributed by atoms with E-state index in [0.29, 0.717) is 15.9 Å². The van der Waals surface area contributed by atoms with E-state index in [4.69, 9.17) is 35.8 Å². The van der Waals surface area contributed by atoms with Crippen LogP contribution in [0.2, 0.25) is 0 Å². The zero-order chi connectivity index (χ0) is 22.4. The van der Waals surface area contributed by atoms with Gasteiger partial charge >= 0.3 is 12.4 Å². The molecular weight excluding hydrogens is 462 g/mol. The molecule has 3 heterocycles. The summed E-state index contributed by atoms with van der Waals surface area (Å²) in [5, 5.41) is 10.2. The summed E-state index contributed by atoms with van der Waals surface area (Å²) >= 11 is 5.21. The van der Waals surface area contributed by atoms with Gasteiger partial charge in [0, 0.05) is 23.6 Å². The highest BCUT2D eigenvalue weighted by atomic mass is 32.5. The summed E-state index contributed by atoms with van der Waals surface area (Å²) in [6.45, 7) is -4.63. The first-order valence-electron chi connectivity index (χ1n) is 8.94. The van der Waals surface area contributed by atoms with Gasteiger partial charge in [-0.25, -0.2) is 18.0 Å². The number of nitrogen functional groups attached to an aromatic ring is 1. The molecule has 3 N–H and O–H groups in total. The molecule has 0 amide bonds. The van der Waals surface area contributed by atoms with E-state index in [2.05, 4.69) is 4.98 Å². The molecule has 0 radical (unpaired) electrons. The van der Waals surface area contributed by atoms with Crippen molar-refractivity contribution >= 4 is 24.3 Å². The van der Waals surface area contributed by atoms with Crippen LogP contribution in [0.3, 0.4) is 0 Å². The number of rotatable bonds is 5. The number of nitrogens with zero attached hydrogens (tertiary/aromatic N) is 2. The van der Waals surface area contributed by atoms with Gasteiger partial charge in [-0.2, -0.15) is 4.98 Å². The van der Waals surface area contributed by atoms with Gasteiger partial charge in [0.25, 0.3) is 6.43 Å². The molecule has 1 fully saturated rings. The van der Waals surface area contributed by atoms with Gasteiger partial charge in [-0.1, -0.05) is 18.2 Å². The maximum atomic E-state index is 15.0. The minimum absolute atomic E-state index is 0.0206. The summed E-state index contributed by atoms with van der Waals surface area (Å²) in [6.07, 6.45) is -8.92. The van der Waals surface area contributed by atoms with Gasteiger partial charge in [-0.3, -0.25) is 13.6 Å². The molecule has 2 aliphatic rings. The first-order valence-corrected chi connectivity index (χ1v) is 11.5. The van der Waals surface area contributed by atoms with Crippen molar-refractivity contribution in [3.05, 3.63) is 52.6 Å². The molecule has 2 aliphatic heterocycles. The fraction of sp³-hybridized carbons (Fsp3) is 0.412. The first-order chi connectivity index (χ1) is 14.7. The number of para-hydroxylation sites is 1.